The number of carbonyl (C=O) groups is 4. The minimum atomic E-state index is -4.38. The Morgan fingerprint density at radius 3 is 1.06 bits per heavy atom. The maximum Gasteiger partial charge on any atom is 0.391 e. The quantitative estimate of drug-likeness (QED) is 0.00771. The van der Waals surface area contributed by atoms with Crippen LogP contribution in [-0.2, 0) is 69.2 Å². The number of anilines is 4. The van der Waals surface area contributed by atoms with Crippen LogP contribution in [0.15, 0.2) is 74.6 Å². The molecule has 0 amide bonds. The van der Waals surface area contributed by atoms with Crippen molar-refractivity contribution >= 4 is 165 Å². The van der Waals surface area contributed by atoms with Crippen molar-refractivity contribution in [3.8, 4) is 45.8 Å². The first-order valence-electron chi connectivity index (χ1n) is 33.3. The highest BCUT2D eigenvalue weighted by molar-refractivity contribution is 8.01. The lowest BCUT2D eigenvalue weighted by molar-refractivity contribution is -0.149. The molecule has 42 heteroatoms. The van der Waals surface area contributed by atoms with E-state index < -0.39 is 77.1 Å². The smallest absolute Gasteiger partial charge is 0.391 e. The standard InChI is InChI=1S/C22H35N4O6PS2.C21H33N4O6PS.C11H15N2O4PS.C10H13N2O4PS2/c1-8-13-34-17-16(24-20(23)35-17)14-11-12-15(32-14)33(29,25-21(4,5)18(27)30-9-2)26-22(6,7)19(28)31-10-3;1-7-29-19(26)13(5)24-32(28,25-14(6)20(27)30-8-2)17-10-9-15(31-17)18-16(11-12(3)4)33-21(22)23-18;1-6(2)5-8-10(13-11(12)19-8)7-3-4-9(17-7)18(14,15)16;1-2-5-18-9-8(12-10(11)19-9)6-3-4-7(16-6)17(13,14)15/h11-12H,8-10,13H2,1-7H3,(H2,23,24)(H2,25,26,29);9-10,12-14H,7-8,11H2,1-6H3,(H2,22,23)(H2,24,25,28);3-4,6H,5H2,1-2H3,(H2,12,13)(H2,14,15,16);3-4H,2,5H2,1H3,(H2,11,12)(H2,13,14,15)/t;13-,14-;;/m.1../s1. The van der Waals surface area contributed by atoms with E-state index in [0.717, 1.165) is 55.4 Å². The van der Waals surface area contributed by atoms with Gasteiger partial charge in [0.1, 0.15) is 45.9 Å². The van der Waals surface area contributed by atoms with Gasteiger partial charge in [-0.25, -0.2) is 40.3 Å². The summed E-state index contributed by atoms with van der Waals surface area (Å²) in [5.41, 5.74) is 22.1. The van der Waals surface area contributed by atoms with Crippen LogP contribution in [0.4, 0.5) is 20.5 Å². The number of rotatable bonds is 34. The van der Waals surface area contributed by atoms with Gasteiger partial charge in [0.15, 0.2) is 54.6 Å². The number of thioether (sulfide) groups is 2. The largest absolute Gasteiger partial charge is 0.465 e. The zero-order valence-electron chi connectivity index (χ0n) is 61.7. The summed E-state index contributed by atoms with van der Waals surface area (Å²) in [6, 6.07) is 10.0. The zero-order chi connectivity index (χ0) is 79.5. The van der Waals surface area contributed by atoms with Gasteiger partial charge in [0, 0.05) is 9.75 Å². The Hall–Kier alpha value is -5.98. The number of aromatic nitrogens is 4. The van der Waals surface area contributed by atoms with E-state index in [0.29, 0.717) is 78.2 Å². The van der Waals surface area contributed by atoms with Crippen molar-refractivity contribution in [1.29, 1.82) is 0 Å². The molecule has 8 aromatic heterocycles. The summed E-state index contributed by atoms with van der Waals surface area (Å²) >= 11 is 8.65. The van der Waals surface area contributed by atoms with E-state index in [9.17, 15) is 37.4 Å². The second-order valence-electron chi connectivity index (χ2n) is 24.9. The summed E-state index contributed by atoms with van der Waals surface area (Å²) in [6.07, 6.45) is 3.53. The van der Waals surface area contributed by atoms with Crippen LogP contribution in [0.25, 0.3) is 45.8 Å². The Labute approximate surface area is 639 Å². The van der Waals surface area contributed by atoms with Gasteiger partial charge >= 0.3 is 39.1 Å². The molecule has 0 spiro atoms. The van der Waals surface area contributed by atoms with Gasteiger partial charge in [-0.3, -0.25) is 37.4 Å². The van der Waals surface area contributed by atoms with Crippen LogP contribution in [0.1, 0.15) is 133 Å². The number of nitrogen functional groups attached to an aromatic ring is 4. The van der Waals surface area contributed by atoms with Crippen molar-refractivity contribution in [2.24, 2.45) is 11.8 Å². The maximum atomic E-state index is 14.4. The minimum Gasteiger partial charge on any atom is -0.465 e. The van der Waals surface area contributed by atoms with Gasteiger partial charge in [0.2, 0.25) is 11.0 Å². The van der Waals surface area contributed by atoms with Gasteiger partial charge in [0.25, 0.3) is 14.9 Å². The van der Waals surface area contributed by atoms with Crippen molar-refractivity contribution in [3.05, 3.63) is 58.3 Å². The SMILES string of the molecule is CC(C)Cc1sc(N)nc1-c1ccc(P(=O)(O)O)o1.CCCSc1sc(N)nc1-c1ccc(P(=O)(NC(C)(C)C(=O)OCC)NC(C)(C)C(=O)OCC)o1.CCCSc1sc(N)nc1-c1ccc(P(=O)(O)O)o1.CCOC(=O)[C@@H](C)NP(=O)(N[C@H](C)C(=O)OCC)c1ccc(-c2nc(N)sc2CC(C)C)o1. The Morgan fingerprint density at radius 1 is 0.462 bits per heavy atom. The molecule has 0 saturated heterocycles. The van der Waals surface area contributed by atoms with E-state index in [-0.39, 0.29) is 48.4 Å². The predicted molar refractivity (Wildman–Crippen MR) is 420 cm³/mol. The highest BCUT2D eigenvalue weighted by Gasteiger charge is 2.46. The Morgan fingerprint density at radius 2 is 0.755 bits per heavy atom. The fourth-order valence-electron chi connectivity index (χ4n) is 9.14. The van der Waals surface area contributed by atoms with Crippen LogP contribution >= 0.6 is 98.9 Å². The van der Waals surface area contributed by atoms with Crippen molar-refractivity contribution in [3.63, 3.8) is 0 Å². The van der Waals surface area contributed by atoms with E-state index in [1.54, 1.807) is 91.0 Å². The molecule has 0 aromatic carbocycles. The summed E-state index contributed by atoms with van der Waals surface area (Å²) in [5.74, 6) is 1.66. The third-order valence-electron chi connectivity index (χ3n) is 13.7. The Balaban J connectivity index is 0.000000263. The van der Waals surface area contributed by atoms with Crippen molar-refractivity contribution in [1.82, 2.24) is 40.3 Å². The Bertz CT molecular complexity index is 4350. The molecule has 0 aliphatic rings. The van der Waals surface area contributed by atoms with Crippen molar-refractivity contribution < 1.29 is 93.6 Å². The molecule has 2 atom stereocenters. The first-order chi connectivity index (χ1) is 49.5. The first kappa shape index (κ1) is 90.6. The fourth-order valence-corrected chi connectivity index (χ4v) is 20.9. The van der Waals surface area contributed by atoms with Gasteiger partial charge in [0.05, 0.1) is 34.8 Å². The monoisotopic (exact) mass is 1670 g/mol. The third kappa shape index (κ3) is 26.1. The number of nitrogens with zero attached hydrogens (tertiary/aromatic N) is 4. The molecule has 8 rings (SSSR count). The number of hydrogen-bond acceptors (Lipinski definition) is 30. The van der Waals surface area contributed by atoms with Crippen LogP contribution in [0, 0.1) is 11.8 Å². The van der Waals surface area contributed by atoms with Gasteiger partial charge < -0.3 is 79.1 Å². The normalized spacial score (nSPS) is 12.7. The average Bonchev–Trinajstić information content (AvgIpc) is 1.50. The molecular formula is C64H96N12O20P4S6. The molecule has 0 aliphatic carbocycles. The second kappa shape index (κ2) is 40.1. The number of ether oxygens (including phenoxy) is 4. The van der Waals surface area contributed by atoms with Crippen molar-refractivity contribution in [2.75, 3.05) is 60.9 Å². The molecule has 588 valence electrons. The van der Waals surface area contributed by atoms with Crippen LogP contribution in [0.5, 0.6) is 0 Å². The van der Waals surface area contributed by atoms with Gasteiger partial charge in [-0.15, -0.1) is 46.2 Å². The lowest BCUT2D eigenvalue weighted by atomic mass is 10.1. The maximum absolute atomic E-state index is 14.4. The van der Waals surface area contributed by atoms with Gasteiger partial charge in [-0.2, -0.15) is 0 Å². The molecule has 8 aromatic rings. The van der Waals surface area contributed by atoms with E-state index in [1.807, 2.05) is 0 Å². The molecule has 16 N–H and O–H groups in total. The molecule has 0 radical (unpaired) electrons. The van der Waals surface area contributed by atoms with Crippen LogP contribution in [0.2, 0.25) is 0 Å². The third-order valence-corrected chi connectivity index (χ3v) is 26.8. The van der Waals surface area contributed by atoms with E-state index in [2.05, 4.69) is 81.8 Å². The summed E-state index contributed by atoms with van der Waals surface area (Å²) in [5, 5.41) is 12.9. The van der Waals surface area contributed by atoms with Crippen LogP contribution < -0.4 is 65.3 Å². The van der Waals surface area contributed by atoms with E-state index >= 15 is 0 Å². The molecular weight excluding hydrogens is 1570 g/mol. The second-order valence-corrected chi connectivity index (χ2v) is 39.3. The average molecular weight is 1670 g/mol. The van der Waals surface area contributed by atoms with E-state index in [4.69, 9.17) is 79.1 Å². The highest BCUT2D eigenvalue weighted by atomic mass is 32.2. The molecule has 0 bridgehead atoms. The van der Waals surface area contributed by atoms with Crippen molar-refractivity contribution in [2.45, 2.75) is 168 Å². The molecule has 106 heavy (non-hydrogen) atoms. The molecule has 0 fully saturated rings. The molecule has 0 unspecified atom stereocenters. The Kier molecular flexibility index (Phi) is 34.3. The number of nitrogens with one attached hydrogen (secondary N) is 4. The van der Waals surface area contributed by atoms with E-state index in [1.165, 1.54) is 95.6 Å². The highest BCUT2D eigenvalue weighted by Crippen LogP contribution is 2.46. The summed E-state index contributed by atoms with van der Waals surface area (Å²) in [6.45, 7) is 29.1. The predicted octanol–water partition coefficient (Wildman–Crippen LogP) is 11.5. The van der Waals surface area contributed by atoms with Crippen LogP contribution in [0.3, 0.4) is 0 Å². The topological polar surface area (TPSA) is 511 Å². The van der Waals surface area contributed by atoms with Gasteiger partial charge in [-0.05, 0) is 167 Å². The van der Waals surface area contributed by atoms with Crippen LogP contribution in [-0.4, -0.2) is 124 Å². The van der Waals surface area contributed by atoms with Gasteiger partial charge in [-0.1, -0.05) is 64.2 Å². The zero-order valence-corrected chi connectivity index (χ0v) is 70.1. The molecule has 0 saturated carbocycles. The minimum absolute atomic E-state index is 0.0141. The summed E-state index contributed by atoms with van der Waals surface area (Å²) in [7, 11) is -16.5. The lowest BCUT2D eigenvalue weighted by Gasteiger charge is -2.34. The number of esters is 4. The molecule has 32 nitrogen and oxygen atoms in total. The number of hydrogen-bond donors (Lipinski definition) is 12. The first-order valence-corrected chi connectivity index (χ1v) is 45.2. The number of thiazole rings is 4. The summed E-state index contributed by atoms with van der Waals surface area (Å²) in [4.78, 5) is 105. The fraction of sp³-hybridized carbons (Fsp3) is 0.500. The number of nitrogens with two attached hydrogens (primary N) is 4. The number of carbonyl (C=O) groups excluding carboxylic acids is 4. The molecule has 0 aliphatic heterocycles. The lowest BCUT2D eigenvalue weighted by Crippen LogP contribution is -2.55. The molecule has 8 heterocycles. The summed E-state index contributed by atoms with van der Waals surface area (Å²) < 4.78 is 95.0. The number of furan rings is 4.